The molecule has 0 fully saturated rings. The number of carbonyl (C=O) groups is 1. The van der Waals surface area contributed by atoms with Crippen molar-refractivity contribution in [2.45, 2.75) is 13.0 Å². The zero-order chi connectivity index (χ0) is 20.2. The maximum Gasteiger partial charge on any atom is 0.340 e. The molecule has 0 bridgehead atoms. The van der Waals surface area contributed by atoms with Gasteiger partial charge in [-0.3, -0.25) is 9.67 Å². The van der Waals surface area contributed by atoms with Crippen LogP contribution in [0.3, 0.4) is 0 Å². The largest absolute Gasteiger partial charge is 0.465 e. The van der Waals surface area contributed by atoms with Crippen LogP contribution in [0.2, 0.25) is 0 Å². The molecule has 0 aliphatic heterocycles. The van der Waals surface area contributed by atoms with Crippen LogP contribution in [0.25, 0.3) is 10.9 Å². The first-order valence-corrected chi connectivity index (χ1v) is 9.15. The number of methoxy groups -OCH3 is 1. The van der Waals surface area contributed by atoms with Crippen LogP contribution >= 0.6 is 0 Å². The molecule has 0 spiro atoms. The summed E-state index contributed by atoms with van der Waals surface area (Å²) < 4.78 is 20.6. The maximum absolute atomic E-state index is 13.9. The number of aromatic nitrogens is 3. The number of hydrogen-bond acceptors (Lipinski definition) is 5. The standard InChI is InChI=1S/C22H19FN4O2/c1-29-22(28)17-9-11-24-14-19(17)25-21-18-13-16(23)7-8-20(18)27(26-21)12-10-15-5-3-2-4-6-15/h2-9,11,13-14H,10,12H2,1H3,(H,25,26). The van der Waals surface area contributed by atoms with E-state index in [1.807, 2.05) is 22.9 Å². The van der Waals surface area contributed by atoms with E-state index >= 15 is 0 Å². The lowest BCUT2D eigenvalue weighted by molar-refractivity contribution is 0.0602. The monoisotopic (exact) mass is 390 g/mol. The van der Waals surface area contributed by atoms with Crippen LogP contribution in [0, 0.1) is 5.82 Å². The SMILES string of the molecule is COC(=O)c1ccncc1Nc1nn(CCc2ccccc2)c2ccc(F)cc12. The molecular formula is C22H19FN4O2. The molecule has 0 amide bonds. The van der Waals surface area contributed by atoms with E-state index in [0.717, 1.165) is 11.9 Å². The lowest BCUT2D eigenvalue weighted by atomic mass is 10.1. The minimum atomic E-state index is -0.492. The Hall–Kier alpha value is -3.74. The molecule has 2 aromatic heterocycles. The number of hydrogen-bond donors (Lipinski definition) is 1. The summed E-state index contributed by atoms with van der Waals surface area (Å²) in [6.45, 7) is 0.630. The first-order valence-electron chi connectivity index (χ1n) is 9.15. The van der Waals surface area contributed by atoms with Crippen molar-refractivity contribution in [2.24, 2.45) is 0 Å². The highest BCUT2D eigenvalue weighted by atomic mass is 19.1. The molecule has 4 aromatic rings. The number of halogens is 1. The molecule has 2 heterocycles. The van der Waals surface area contributed by atoms with Crippen LogP contribution in [0.1, 0.15) is 15.9 Å². The second-order valence-electron chi connectivity index (χ2n) is 6.51. The third-order valence-electron chi connectivity index (χ3n) is 4.65. The van der Waals surface area contributed by atoms with Crippen LogP contribution in [0.4, 0.5) is 15.9 Å². The molecule has 4 rings (SSSR count). The zero-order valence-corrected chi connectivity index (χ0v) is 15.8. The predicted molar refractivity (Wildman–Crippen MR) is 109 cm³/mol. The highest BCUT2D eigenvalue weighted by Crippen LogP contribution is 2.28. The third kappa shape index (κ3) is 3.94. The van der Waals surface area contributed by atoms with Gasteiger partial charge in [-0.1, -0.05) is 30.3 Å². The van der Waals surface area contributed by atoms with E-state index < -0.39 is 5.97 Å². The van der Waals surface area contributed by atoms with Crippen LogP contribution in [-0.2, 0) is 17.7 Å². The van der Waals surface area contributed by atoms with Gasteiger partial charge in [0.05, 0.1) is 30.1 Å². The number of ether oxygens (including phenoxy) is 1. The molecule has 2 aromatic carbocycles. The van der Waals surface area contributed by atoms with Crippen molar-refractivity contribution in [3.63, 3.8) is 0 Å². The number of nitrogens with one attached hydrogen (secondary N) is 1. The molecule has 1 N–H and O–H groups in total. The fourth-order valence-electron chi connectivity index (χ4n) is 3.20. The molecule has 0 unspecified atom stereocenters. The van der Waals surface area contributed by atoms with Crippen LogP contribution in [0.15, 0.2) is 67.0 Å². The molecule has 0 radical (unpaired) electrons. The Labute approximate surface area is 167 Å². The summed E-state index contributed by atoms with van der Waals surface area (Å²) in [5.41, 5.74) is 2.76. The fraction of sp³-hybridized carbons (Fsp3) is 0.136. The van der Waals surface area contributed by atoms with Gasteiger partial charge >= 0.3 is 5.97 Å². The second kappa shape index (κ2) is 8.10. The highest BCUT2D eigenvalue weighted by molar-refractivity contribution is 5.98. The minimum absolute atomic E-state index is 0.325. The molecule has 146 valence electrons. The van der Waals surface area contributed by atoms with E-state index in [0.29, 0.717) is 29.0 Å². The van der Waals surface area contributed by atoms with Gasteiger partial charge in [-0.2, -0.15) is 5.10 Å². The van der Waals surface area contributed by atoms with Crippen molar-refractivity contribution >= 4 is 28.4 Å². The van der Waals surface area contributed by atoms with E-state index in [2.05, 4.69) is 27.5 Å². The average Bonchev–Trinajstić information content (AvgIpc) is 3.09. The normalized spacial score (nSPS) is 10.8. The summed E-state index contributed by atoms with van der Waals surface area (Å²) in [5.74, 6) is -0.401. The number of benzene rings is 2. The van der Waals surface area contributed by atoms with Gasteiger partial charge in [0, 0.05) is 18.1 Å². The number of nitrogens with zero attached hydrogens (tertiary/aromatic N) is 3. The molecule has 0 saturated heterocycles. The van der Waals surface area contributed by atoms with E-state index in [-0.39, 0.29) is 5.82 Å². The Morgan fingerprint density at radius 3 is 2.79 bits per heavy atom. The lowest BCUT2D eigenvalue weighted by Crippen LogP contribution is -2.07. The summed E-state index contributed by atoms with van der Waals surface area (Å²) in [6, 6.07) is 16.2. The van der Waals surface area contributed by atoms with E-state index in [9.17, 15) is 9.18 Å². The van der Waals surface area contributed by atoms with Gasteiger partial charge in [-0.05, 0) is 36.2 Å². The minimum Gasteiger partial charge on any atom is -0.465 e. The molecule has 7 heteroatoms. The van der Waals surface area contributed by atoms with Gasteiger partial charge in [0.25, 0.3) is 0 Å². The first-order chi connectivity index (χ1) is 14.2. The van der Waals surface area contributed by atoms with E-state index in [4.69, 9.17) is 4.74 Å². The lowest BCUT2D eigenvalue weighted by Gasteiger charge is -2.08. The van der Waals surface area contributed by atoms with Crippen molar-refractivity contribution < 1.29 is 13.9 Å². The third-order valence-corrected chi connectivity index (χ3v) is 4.65. The Bertz CT molecular complexity index is 1160. The molecule has 0 atom stereocenters. The number of pyridine rings is 1. The van der Waals surface area contributed by atoms with Gasteiger partial charge in [0.15, 0.2) is 5.82 Å². The summed E-state index contributed by atoms with van der Waals surface area (Å²) in [5, 5.41) is 8.36. The quantitative estimate of drug-likeness (QED) is 0.496. The number of anilines is 2. The number of esters is 1. The van der Waals surface area contributed by atoms with Gasteiger partial charge in [0.1, 0.15) is 5.82 Å². The van der Waals surface area contributed by atoms with Crippen LogP contribution in [0.5, 0.6) is 0 Å². The zero-order valence-electron chi connectivity index (χ0n) is 15.8. The molecule has 0 aliphatic rings. The summed E-state index contributed by atoms with van der Waals surface area (Å²) in [7, 11) is 1.32. The van der Waals surface area contributed by atoms with Gasteiger partial charge < -0.3 is 10.1 Å². The second-order valence-corrected chi connectivity index (χ2v) is 6.51. The first kappa shape index (κ1) is 18.6. The van der Waals surface area contributed by atoms with Gasteiger partial charge in [0.2, 0.25) is 0 Å². The smallest absolute Gasteiger partial charge is 0.340 e. The molecular weight excluding hydrogens is 371 g/mol. The average molecular weight is 390 g/mol. The van der Waals surface area contributed by atoms with Crippen LogP contribution in [-0.4, -0.2) is 27.8 Å². The van der Waals surface area contributed by atoms with Crippen LogP contribution < -0.4 is 5.32 Å². The van der Waals surface area contributed by atoms with Crippen molar-refractivity contribution in [3.8, 4) is 0 Å². The maximum atomic E-state index is 13.9. The Kier molecular flexibility index (Phi) is 5.20. The summed E-state index contributed by atoms with van der Waals surface area (Å²) >= 11 is 0. The Morgan fingerprint density at radius 2 is 2.00 bits per heavy atom. The Morgan fingerprint density at radius 1 is 1.17 bits per heavy atom. The number of aryl methyl sites for hydroxylation is 2. The Balaban J connectivity index is 1.70. The molecule has 0 saturated carbocycles. The summed E-state index contributed by atoms with van der Waals surface area (Å²) in [4.78, 5) is 16.1. The van der Waals surface area contributed by atoms with E-state index in [1.54, 1.807) is 12.1 Å². The van der Waals surface area contributed by atoms with Crippen molar-refractivity contribution in [2.75, 3.05) is 12.4 Å². The molecule has 0 aliphatic carbocycles. The molecule has 6 nitrogen and oxygen atoms in total. The van der Waals surface area contributed by atoms with Gasteiger partial charge in [-0.15, -0.1) is 0 Å². The topological polar surface area (TPSA) is 69.0 Å². The summed E-state index contributed by atoms with van der Waals surface area (Å²) in [6.07, 6.45) is 3.81. The number of rotatable bonds is 6. The number of carbonyl (C=O) groups excluding carboxylic acids is 1. The fourth-order valence-corrected chi connectivity index (χ4v) is 3.20. The van der Waals surface area contributed by atoms with Crippen molar-refractivity contribution in [3.05, 3.63) is 83.9 Å². The number of fused-ring (bicyclic) bond motifs is 1. The molecule has 29 heavy (non-hydrogen) atoms. The van der Waals surface area contributed by atoms with Crippen molar-refractivity contribution in [1.29, 1.82) is 0 Å². The van der Waals surface area contributed by atoms with Gasteiger partial charge in [-0.25, -0.2) is 9.18 Å². The van der Waals surface area contributed by atoms with Crippen molar-refractivity contribution in [1.82, 2.24) is 14.8 Å². The highest BCUT2D eigenvalue weighted by Gasteiger charge is 2.16. The van der Waals surface area contributed by atoms with E-state index in [1.165, 1.54) is 37.2 Å². The predicted octanol–water partition coefficient (Wildman–Crippen LogP) is 4.34.